The Kier molecular flexibility index (Phi) is 5.66. The summed E-state index contributed by atoms with van der Waals surface area (Å²) in [6.45, 7) is 3.56. The number of sulfonamides is 1. The molecule has 9 heteroatoms. The van der Waals surface area contributed by atoms with E-state index in [1.54, 1.807) is 37.3 Å². The molecule has 0 aromatic heterocycles. The molecule has 1 unspecified atom stereocenters. The van der Waals surface area contributed by atoms with Gasteiger partial charge in [-0.05, 0) is 31.2 Å². The van der Waals surface area contributed by atoms with Crippen molar-refractivity contribution in [3.8, 4) is 11.5 Å². The van der Waals surface area contributed by atoms with Crippen molar-refractivity contribution >= 4 is 22.0 Å². The number of hydrogen-bond acceptors (Lipinski definition) is 5. The zero-order chi connectivity index (χ0) is 20.3. The van der Waals surface area contributed by atoms with E-state index in [0.717, 1.165) is 9.87 Å². The summed E-state index contributed by atoms with van der Waals surface area (Å²) in [5, 5.41) is 4.52. The van der Waals surface area contributed by atoms with E-state index in [0.29, 0.717) is 5.75 Å². The smallest absolute Gasteiger partial charge is 0.322 e. The van der Waals surface area contributed by atoms with Crippen LogP contribution < -0.4 is 15.4 Å². The number of carbonyl (C=O) groups excluding carboxylic acids is 2. The number of rotatable bonds is 7. The number of benzene rings is 2. The first-order chi connectivity index (χ1) is 13.3. The number of urea groups is 1. The van der Waals surface area contributed by atoms with Gasteiger partial charge in [0, 0.05) is 13.1 Å². The maximum Gasteiger partial charge on any atom is 0.322 e. The van der Waals surface area contributed by atoms with E-state index >= 15 is 0 Å². The van der Waals surface area contributed by atoms with E-state index in [1.807, 2.05) is 19.1 Å². The second-order valence-electron chi connectivity index (χ2n) is 6.33. The molecule has 1 heterocycles. The maximum atomic E-state index is 13.2. The third-order valence-electron chi connectivity index (χ3n) is 4.31. The second kappa shape index (κ2) is 7.99. The van der Waals surface area contributed by atoms with Gasteiger partial charge in [0.05, 0.1) is 0 Å². The highest BCUT2D eigenvalue weighted by Crippen LogP contribution is 2.31. The summed E-state index contributed by atoms with van der Waals surface area (Å²) >= 11 is 0. The lowest BCUT2D eigenvalue weighted by Gasteiger charge is -2.23. The van der Waals surface area contributed by atoms with Gasteiger partial charge in [-0.15, -0.1) is 0 Å². The summed E-state index contributed by atoms with van der Waals surface area (Å²) in [6.07, 6.45) is 0. The quantitative estimate of drug-likeness (QED) is 0.688. The van der Waals surface area contributed by atoms with E-state index in [1.165, 1.54) is 6.07 Å². The highest BCUT2D eigenvalue weighted by molar-refractivity contribution is 7.89. The average molecular weight is 403 g/mol. The average Bonchev–Trinajstić information content (AvgIpc) is 2.98. The van der Waals surface area contributed by atoms with Gasteiger partial charge in [0.15, 0.2) is 0 Å². The third-order valence-corrected chi connectivity index (χ3v) is 6.29. The van der Waals surface area contributed by atoms with Gasteiger partial charge in [-0.25, -0.2) is 13.2 Å². The second-order valence-corrected chi connectivity index (χ2v) is 8.24. The standard InChI is InChI=1S/C19H21N3O5S/c1-3-22(12-15-18(23)21-19(24)20-15)28(25,26)17-7-5-4-6-16(17)27-14-10-8-13(2)9-11-14/h4-11,15H,3,12H2,1-2H3,(H2,20,21,23,24). The van der Waals surface area contributed by atoms with Gasteiger partial charge < -0.3 is 10.1 Å². The number of nitrogens with zero attached hydrogens (tertiary/aromatic N) is 1. The Hall–Kier alpha value is -2.91. The van der Waals surface area contributed by atoms with Crippen LogP contribution in [0.5, 0.6) is 11.5 Å². The van der Waals surface area contributed by atoms with Crippen LogP contribution in [0, 0.1) is 6.92 Å². The van der Waals surface area contributed by atoms with Gasteiger partial charge in [-0.1, -0.05) is 36.8 Å². The molecular formula is C19H21N3O5S. The predicted octanol–water partition coefficient (Wildman–Crippen LogP) is 2.01. The summed E-state index contributed by atoms with van der Waals surface area (Å²) in [5.41, 5.74) is 1.06. The van der Waals surface area contributed by atoms with Crippen molar-refractivity contribution in [3.05, 3.63) is 54.1 Å². The number of ether oxygens (including phenoxy) is 1. The van der Waals surface area contributed by atoms with E-state index in [2.05, 4.69) is 10.6 Å². The van der Waals surface area contributed by atoms with Crippen molar-refractivity contribution in [1.29, 1.82) is 0 Å². The Balaban J connectivity index is 1.88. The molecule has 1 aliphatic heterocycles. The summed E-state index contributed by atoms with van der Waals surface area (Å²) in [7, 11) is -3.96. The molecule has 0 saturated carbocycles. The predicted molar refractivity (Wildman–Crippen MR) is 103 cm³/mol. The van der Waals surface area contributed by atoms with Crippen LogP contribution in [0.2, 0.25) is 0 Å². The van der Waals surface area contributed by atoms with Crippen LogP contribution in [0.25, 0.3) is 0 Å². The topological polar surface area (TPSA) is 105 Å². The van der Waals surface area contributed by atoms with Crippen LogP contribution in [0.1, 0.15) is 12.5 Å². The molecule has 28 heavy (non-hydrogen) atoms. The van der Waals surface area contributed by atoms with Gasteiger partial charge in [-0.3, -0.25) is 10.1 Å². The van der Waals surface area contributed by atoms with Crippen molar-refractivity contribution in [2.24, 2.45) is 0 Å². The van der Waals surface area contributed by atoms with Gasteiger partial charge in [0.2, 0.25) is 10.0 Å². The first kappa shape index (κ1) is 19.8. The molecule has 0 bridgehead atoms. The molecule has 1 fully saturated rings. The molecular weight excluding hydrogens is 382 g/mol. The van der Waals surface area contributed by atoms with Crippen LogP contribution in [0.15, 0.2) is 53.4 Å². The Labute approximate surface area is 163 Å². The first-order valence-corrected chi connectivity index (χ1v) is 10.2. The molecule has 0 radical (unpaired) electrons. The fraction of sp³-hybridized carbons (Fsp3) is 0.263. The van der Waals surface area contributed by atoms with Crippen LogP contribution in [0.3, 0.4) is 0 Å². The fourth-order valence-corrected chi connectivity index (χ4v) is 4.39. The largest absolute Gasteiger partial charge is 0.456 e. The van der Waals surface area contributed by atoms with Crippen molar-refractivity contribution in [2.75, 3.05) is 13.1 Å². The molecule has 1 atom stereocenters. The molecule has 148 valence electrons. The van der Waals surface area contributed by atoms with E-state index in [4.69, 9.17) is 4.74 Å². The van der Waals surface area contributed by atoms with Crippen LogP contribution in [0.4, 0.5) is 4.79 Å². The number of aryl methyl sites for hydroxylation is 1. The summed E-state index contributed by atoms with van der Waals surface area (Å²) < 4.78 is 33.3. The highest BCUT2D eigenvalue weighted by atomic mass is 32.2. The van der Waals surface area contributed by atoms with Gasteiger partial charge >= 0.3 is 6.03 Å². The molecule has 2 N–H and O–H groups in total. The van der Waals surface area contributed by atoms with E-state index in [-0.39, 0.29) is 23.7 Å². The van der Waals surface area contributed by atoms with Crippen molar-refractivity contribution < 1.29 is 22.7 Å². The zero-order valence-corrected chi connectivity index (χ0v) is 16.3. The number of imide groups is 1. The molecule has 3 amide bonds. The molecule has 0 spiro atoms. The summed E-state index contributed by atoms with van der Waals surface area (Å²) in [5.74, 6) is 0.145. The molecule has 3 rings (SSSR count). The lowest BCUT2D eigenvalue weighted by molar-refractivity contribution is -0.120. The molecule has 0 aliphatic carbocycles. The Morgan fingerprint density at radius 2 is 1.75 bits per heavy atom. The van der Waals surface area contributed by atoms with Gasteiger partial charge in [-0.2, -0.15) is 4.31 Å². The van der Waals surface area contributed by atoms with Gasteiger partial charge in [0.1, 0.15) is 22.4 Å². The molecule has 1 saturated heterocycles. The van der Waals surface area contributed by atoms with E-state index < -0.39 is 28.0 Å². The number of amides is 3. The molecule has 2 aromatic rings. The van der Waals surface area contributed by atoms with Crippen molar-refractivity contribution in [2.45, 2.75) is 24.8 Å². The van der Waals surface area contributed by atoms with Crippen molar-refractivity contribution in [3.63, 3.8) is 0 Å². The van der Waals surface area contributed by atoms with Crippen molar-refractivity contribution in [1.82, 2.24) is 14.9 Å². The summed E-state index contributed by atoms with van der Waals surface area (Å²) in [6, 6.07) is 12.0. The Morgan fingerprint density at radius 3 is 2.36 bits per heavy atom. The highest BCUT2D eigenvalue weighted by Gasteiger charge is 2.35. The molecule has 1 aliphatic rings. The maximum absolute atomic E-state index is 13.2. The number of nitrogens with one attached hydrogen (secondary N) is 2. The minimum atomic E-state index is -3.96. The number of hydrogen-bond donors (Lipinski definition) is 2. The first-order valence-electron chi connectivity index (χ1n) is 8.76. The lowest BCUT2D eigenvalue weighted by Crippen LogP contribution is -2.44. The number of likely N-dealkylation sites (N-methyl/N-ethyl adjacent to an activating group) is 1. The number of para-hydroxylation sites is 1. The monoisotopic (exact) mass is 403 g/mol. The Bertz CT molecular complexity index is 989. The lowest BCUT2D eigenvalue weighted by atomic mass is 10.2. The Morgan fingerprint density at radius 1 is 1.07 bits per heavy atom. The minimum Gasteiger partial charge on any atom is -0.456 e. The van der Waals surface area contributed by atoms with Crippen LogP contribution in [-0.2, 0) is 14.8 Å². The fourth-order valence-electron chi connectivity index (χ4n) is 2.81. The van der Waals surface area contributed by atoms with Crippen LogP contribution in [-0.4, -0.2) is 43.8 Å². The van der Waals surface area contributed by atoms with E-state index in [9.17, 15) is 18.0 Å². The zero-order valence-electron chi connectivity index (χ0n) is 15.5. The molecule has 2 aromatic carbocycles. The molecule has 8 nitrogen and oxygen atoms in total. The normalized spacial score (nSPS) is 16.8. The minimum absolute atomic E-state index is 0.0119. The SMILES string of the molecule is CCN(CC1NC(=O)NC1=O)S(=O)(=O)c1ccccc1Oc1ccc(C)cc1. The van der Waals surface area contributed by atoms with Gasteiger partial charge in [0.25, 0.3) is 5.91 Å². The third kappa shape index (κ3) is 4.15. The van der Waals surface area contributed by atoms with Crippen LogP contribution >= 0.6 is 0 Å². The summed E-state index contributed by atoms with van der Waals surface area (Å²) in [4.78, 5) is 23.1. The number of carbonyl (C=O) groups is 2.